The second-order valence-corrected chi connectivity index (χ2v) is 6.32. The average Bonchev–Trinajstić information content (AvgIpc) is 2.76. The molecule has 108 valence electrons. The molecule has 0 aliphatic carbocycles. The SMILES string of the molecule is Cc1cc([C@@H](O)CNS(=O)(=O)c2ccccc2)c(C)o1. The number of rotatable bonds is 5. The van der Waals surface area contributed by atoms with Crippen LogP contribution >= 0.6 is 0 Å². The summed E-state index contributed by atoms with van der Waals surface area (Å²) in [6, 6.07) is 9.75. The van der Waals surface area contributed by atoms with E-state index in [-0.39, 0.29) is 11.4 Å². The van der Waals surface area contributed by atoms with Gasteiger partial charge in [-0.05, 0) is 32.0 Å². The maximum absolute atomic E-state index is 12.0. The molecule has 0 saturated heterocycles. The summed E-state index contributed by atoms with van der Waals surface area (Å²) in [7, 11) is -3.61. The lowest BCUT2D eigenvalue weighted by atomic mass is 10.1. The predicted molar refractivity (Wildman–Crippen MR) is 74.8 cm³/mol. The molecule has 0 saturated carbocycles. The lowest BCUT2D eigenvalue weighted by Gasteiger charge is -2.11. The summed E-state index contributed by atoms with van der Waals surface area (Å²) in [5, 5.41) is 10.0. The zero-order valence-electron chi connectivity index (χ0n) is 11.3. The summed E-state index contributed by atoms with van der Waals surface area (Å²) in [5.74, 6) is 1.27. The van der Waals surface area contributed by atoms with Gasteiger partial charge in [0.05, 0.1) is 11.0 Å². The van der Waals surface area contributed by atoms with Crippen LogP contribution in [0.1, 0.15) is 23.2 Å². The molecule has 20 heavy (non-hydrogen) atoms. The van der Waals surface area contributed by atoms with E-state index in [0.29, 0.717) is 17.1 Å². The van der Waals surface area contributed by atoms with Crippen LogP contribution in [0.2, 0.25) is 0 Å². The minimum Gasteiger partial charge on any atom is -0.466 e. The van der Waals surface area contributed by atoms with Crippen LogP contribution in [-0.2, 0) is 10.0 Å². The van der Waals surface area contributed by atoms with E-state index in [0.717, 1.165) is 0 Å². The van der Waals surface area contributed by atoms with Crippen molar-refractivity contribution in [2.24, 2.45) is 0 Å². The Morgan fingerprint density at radius 2 is 1.90 bits per heavy atom. The molecular weight excluding hydrogens is 278 g/mol. The molecule has 1 aromatic heterocycles. The molecule has 1 aromatic carbocycles. The van der Waals surface area contributed by atoms with Gasteiger partial charge in [0.15, 0.2) is 0 Å². The van der Waals surface area contributed by atoms with Crippen molar-refractivity contribution in [1.29, 1.82) is 0 Å². The molecule has 0 aliphatic rings. The molecule has 0 aliphatic heterocycles. The van der Waals surface area contributed by atoms with Crippen LogP contribution in [0.3, 0.4) is 0 Å². The standard InChI is InChI=1S/C14H17NO4S/c1-10-8-13(11(2)19-10)14(16)9-15-20(17,18)12-6-4-3-5-7-12/h3-8,14-16H,9H2,1-2H3/t14-/m0/s1. The number of aliphatic hydroxyl groups excluding tert-OH is 1. The Kier molecular flexibility index (Phi) is 4.27. The van der Waals surface area contributed by atoms with Gasteiger partial charge >= 0.3 is 0 Å². The van der Waals surface area contributed by atoms with Gasteiger partial charge in [0.2, 0.25) is 10.0 Å². The van der Waals surface area contributed by atoms with Crippen molar-refractivity contribution in [3.05, 3.63) is 53.5 Å². The average molecular weight is 295 g/mol. The van der Waals surface area contributed by atoms with Crippen molar-refractivity contribution >= 4 is 10.0 Å². The number of nitrogens with one attached hydrogen (secondary N) is 1. The minimum absolute atomic E-state index is 0.100. The number of hydrogen-bond acceptors (Lipinski definition) is 4. The van der Waals surface area contributed by atoms with Gasteiger partial charge in [-0.1, -0.05) is 18.2 Å². The summed E-state index contributed by atoms with van der Waals surface area (Å²) < 4.78 is 31.7. The van der Waals surface area contributed by atoms with E-state index in [1.165, 1.54) is 12.1 Å². The topological polar surface area (TPSA) is 79.5 Å². The van der Waals surface area contributed by atoms with Crippen LogP contribution in [0.5, 0.6) is 0 Å². The molecule has 2 aromatic rings. The van der Waals surface area contributed by atoms with Crippen LogP contribution in [-0.4, -0.2) is 20.1 Å². The third-order valence-corrected chi connectivity index (χ3v) is 4.40. The quantitative estimate of drug-likeness (QED) is 0.883. The highest BCUT2D eigenvalue weighted by Crippen LogP contribution is 2.21. The van der Waals surface area contributed by atoms with Crippen LogP contribution in [0.4, 0.5) is 0 Å². The van der Waals surface area contributed by atoms with E-state index in [4.69, 9.17) is 4.42 Å². The minimum atomic E-state index is -3.61. The summed E-state index contributed by atoms with van der Waals surface area (Å²) in [4.78, 5) is 0.173. The highest BCUT2D eigenvalue weighted by atomic mass is 32.2. The molecule has 1 heterocycles. The van der Waals surface area contributed by atoms with Crippen molar-refractivity contribution in [1.82, 2.24) is 4.72 Å². The molecule has 5 nitrogen and oxygen atoms in total. The van der Waals surface area contributed by atoms with E-state index >= 15 is 0 Å². The number of benzene rings is 1. The zero-order valence-corrected chi connectivity index (χ0v) is 12.1. The number of hydrogen-bond donors (Lipinski definition) is 2. The smallest absolute Gasteiger partial charge is 0.240 e. The van der Waals surface area contributed by atoms with Crippen molar-refractivity contribution in [3.8, 4) is 0 Å². The summed E-state index contributed by atoms with van der Waals surface area (Å²) in [6.45, 7) is 3.41. The summed E-state index contributed by atoms with van der Waals surface area (Å²) in [5.41, 5.74) is 0.596. The molecule has 0 unspecified atom stereocenters. The highest BCUT2D eigenvalue weighted by Gasteiger charge is 2.19. The molecule has 1 atom stereocenters. The van der Waals surface area contributed by atoms with Crippen molar-refractivity contribution < 1.29 is 17.9 Å². The van der Waals surface area contributed by atoms with Gasteiger partial charge in [-0.3, -0.25) is 0 Å². The predicted octanol–water partition coefficient (Wildman–Crippen LogP) is 1.91. The van der Waals surface area contributed by atoms with Crippen LogP contribution in [0.15, 0.2) is 45.7 Å². The van der Waals surface area contributed by atoms with Crippen LogP contribution in [0, 0.1) is 13.8 Å². The van der Waals surface area contributed by atoms with Crippen molar-refractivity contribution in [2.75, 3.05) is 6.54 Å². The van der Waals surface area contributed by atoms with E-state index in [9.17, 15) is 13.5 Å². The molecule has 0 bridgehead atoms. The van der Waals surface area contributed by atoms with Gasteiger partial charge in [0.25, 0.3) is 0 Å². The van der Waals surface area contributed by atoms with Crippen molar-refractivity contribution in [3.63, 3.8) is 0 Å². The molecule has 2 N–H and O–H groups in total. The monoisotopic (exact) mass is 295 g/mol. The molecule has 0 fully saturated rings. The van der Waals surface area contributed by atoms with Gasteiger partial charge in [0.1, 0.15) is 11.5 Å². The lowest BCUT2D eigenvalue weighted by molar-refractivity contribution is 0.180. The molecule has 0 spiro atoms. The second kappa shape index (κ2) is 5.78. The fourth-order valence-corrected chi connectivity index (χ4v) is 3.02. The molecular formula is C14H17NO4S. The first-order valence-electron chi connectivity index (χ1n) is 6.20. The van der Waals surface area contributed by atoms with E-state index in [1.807, 2.05) is 0 Å². The van der Waals surface area contributed by atoms with Gasteiger partial charge in [0, 0.05) is 12.1 Å². The molecule has 2 rings (SSSR count). The second-order valence-electron chi connectivity index (χ2n) is 4.55. The first-order chi connectivity index (χ1) is 9.40. The molecule has 6 heteroatoms. The van der Waals surface area contributed by atoms with E-state index in [1.54, 1.807) is 38.1 Å². The Morgan fingerprint density at radius 3 is 2.45 bits per heavy atom. The van der Waals surface area contributed by atoms with Crippen LogP contribution in [0.25, 0.3) is 0 Å². The largest absolute Gasteiger partial charge is 0.466 e. The van der Waals surface area contributed by atoms with Gasteiger partial charge in [-0.25, -0.2) is 13.1 Å². The van der Waals surface area contributed by atoms with Gasteiger partial charge < -0.3 is 9.52 Å². The maximum Gasteiger partial charge on any atom is 0.240 e. The van der Waals surface area contributed by atoms with E-state index < -0.39 is 16.1 Å². The zero-order chi connectivity index (χ0) is 14.8. The number of aliphatic hydroxyl groups is 1. The first kappa shape index (κ1) is 14.8. The first-order valence-corrected chi connectivity index (χ1v) is 7.68. The normalized spacial score (nSPS) is 13.3. The fourth-order valence-electron chi connectivity index (χ4n) is 1.96. The van der Waals surface area contributed by atoms with Gasteiger partial charge in [-0.2, -0.15) is 0 Å². The van der Waals surface area contributed by atoms with E-state index in [2.05, 4.69) is 4.72 Å². The molecule has 0 amide bonds. The summed E-state index contributed by atoms with van der Waals surface area (Å²) >= 11 is 0. The molecule has 0 radical (unpaired) electrons. The van der Waals surface area contributed by atoms with Crippen LogP contribution < -0.4 is 4.72 Å². The third kappa shape index (κ3) is 3.27. The summed E-state index contributed by atoms with van der Waals surface area (Å²) in [6.07, 6.45) is -0.939. The Labute approximate surface area is 118 Å². The Hall–Kier alpha value is -1.63. The highest BCUT2D eigenvalue weighted by molar-refractivity contribution is 7.89. The fraction of sp³-hybridized carbons (Fsp3) is 0.286. The van der Waals surface area contributed by atoms with Gasteiger partial charge in [-0.15, -0.1) is 0 Å². The Morgan fingerprint density at radius 1 is 1.25 bits per heavy atom. The third-order valence-electron chi connectivity index (χ3n) is 2.96. The Bertz CT molecular complexity index is 676. The number of furan rings is 1. The lowest BCUT2D eigenvalue weighted by Crippen LogP contribution is -2.28. The van der Waals surface area contributed by atoms with Crippen molar-refractivity contribution in [2.45, 2.75) is 24.8 Å². The number of aryl methyl sites for hydroxylation is 2. The number of sulfonamides is 1. The maximum atomic E-state index is 12.0. The Balaban J connectivity index is 2.07.